The molecule has 3 heterocycles. The second kappa shape index (κ2) is 10.4. The first-order valence-corrected chi connectivity index (χ1v) is 13.4. The minimum Gasteiger partial charge on any atom is -0.485 e. The Bertz CT molecular complexity index is 1390. The molecule has 0 radical (unpaired) electrons. The van der Waals surface area contributed by atoms with Gasteiger partial charge in [-0.05, 0) is 71.7 Å². The van der Waals surface area contributed by atoms with Gasteiger partial charge < -0.3 is 4.74 Å². The van der Waals surface area contributed by atoms with Crippen molar-refractivity contribution in [1.29, 1.82) is 0 Å². The minimum absolute atomic E-state index is 0.191. The molecule has 0 fully saturated rings. The van der Waals surface area contributed by atoms with Crippen LogP contribution in [-0.4, -0.2) is 21.0 Å². The molecule has 2 aromatic carbocycles. The van der Waals surface area contributed by atoms with Crippen molar-refractivity contribution in [3.8, 4) is 11.4 Å². The van der Waals surface area contributed by atoms with E-state index in [0.717, 1.165) is 27.8 Å². The van der Waals surface area contributed by atoms with Crippen molar-refractivity contribution in [2.45, 2.75) is 29.3 Å². The molecule has 0 aliphatic carbocycles. The van der Waals surface area contributed by atoms with Crippen molar-refractivity contribution in [1.82, 2.24) is 14.8 Å². The van der Waals surface area contributed by atoms with Crippen LogP contribution < -0.4 is 4.74 Å². The summed E-state index contributed by atoms with van der Waals surface area (Å²) in [6.07, 6.45) is -0.273. The molecule has 4 aromatic rings. The van der Waals surface area contributed by atoms with Gasteiger partial charge in [0.25, 0.3) is 0 Å². The van der Waals surface area contributed by atoms with Gasteiger partial charge in [0.05, 0.1) is 16.6 Å². The zero-order chi connectivity index (χ0) is 25.1. The number of hydrogen-bond donors (Lipinski definition) is 0. The maximum absolute atomic E-state index is 13.7. The summed E-state index contributed by atoms with van der Waals surface area (Å²) in [6.45, 7) is 0.191. The van der Waals surface area contributed by atoms with E-state index in [2.05, 4.69) is 16.1 Å². The number of pyridine rings is 1. The van der Waals surface area contributed by atoms with Crippen LogP contribution in [-0.2, 0) is 12.8 Å². The van der Waals surface area contributed by atoms with Gasteiger partial charge >= 0.3 is 6.18 Å². The van der Waals surface area contributed by atoms with Crippen LogP contribution in [0.2, 0.25) is 0 Å². The Hall–Kier alpha value is -3.17. The number of halogens is 3. The quantitative estimate of drug-likeness (QED) is 0.230. The van der Waals surface area contributed by atoms with E-state index in [1.165, 1.54) is 16.4 Å². The highest BCUT2D eigenvalue weighted by atomic mass is 32.2. The first-order valence-electron chi connectivity index (χ1n) is 11.2. The molecule has 36 heavy (non-hydrogen) atoms. The zero-order valence-electron chi connectivity index (χ0n) is 19.3. The number of rotatable bonds is 7. The molecule has 1 atom stereocenters. The fourth-order valence-corrected chi connectivity index (χ4v) is 5.59. The summed E-state index contributed by atoms with van der Waals surface area (Å²) in [5, 5.41) is 5.82. The number of ether oxygens (including phenoxy) is 1. The number of alkyl halides is 3. The standard InChI is InChI=1S/C27H22F3N3OS2/c1-35-21-9-6-7-18(13-21)19-14-25(36-17-19)23-15-26(27(28,29)30)32-33(23)22-10-2-3-11-24(22)34-16-20-8-4-5-12-31-20/h2-13,15,17,25H,14,16H2,1H3. The Morgan fingerprint density at radius 1 is 1.06 bits per heavy atom. The average Bonchev–Trinajstić information content (AvgIpc) is 3.56. The van der Waals surface area contributed by atoms with E-state index in [4.69, 9.17) is 4.74 Å². The van der Waals surface area contributed by atoms with E-state index in [1.807, 2.05) is 48.1 Å². The molecule has 0 amide bonds. The Morgan fingerprint density at radius 3 is 2.67 bits per heavy atom. The lowest BCUT2D eigenvalue weighted by atomic mass is 10.0. The summed E-state index contributed by atoms with van der Waals surface area (Å²) in [5.74, 6) is 0.435. The highest BCUT2D eigenvalue weighted by molar-refractivity contribution is 8.02. The lowest BCUT2D eigenvalue weighted by Crippen LogP contribution is -2.09. The fourth-order valence-electron chi connectivity index (χ4n) is 3.99. The molecule has 1 unspecified atom stereocenters. The molecule has 1 aliphatic heterocycles. The smallest absolute Gasteiger partial charge is 0.435 e. The molecular formula is C27H22F3N3OS2. The van der Waals surface area contributed by atoms with Crippen molar-refractivity contribution in [2.75, 3.05) is 6.26 Å². The first kappa shape index (κ1) is 24.5. The number of nitrogens with zero attached hydrogens (tertiary/aromatic N) is 3. The number of para-hydroxylation sites is 2. The highest BCUT2D eigenvalue weighted by Crippen LogP contribution is 2.48. The summed E-state index contributed by atoms with van der Waals surface area (Å²) in [5.41, 5.74) is 2.91. The van der Waals surface area contributed by atoms with E-state index in [1.54, 1.807) is 42.2 Å². The third-order valence-electron chi connectivity index (χ3n) is 5.77. The largest absolute Gasteiger partial charge is 0.485 e. The van der Waals surface area contributed by atoms with E-state index in [0.29, 0.717) is 23.6 Å². The van der Waals surface area contributed by atoms with Crippen LogP contribution in [0.1, 0.15) is 34.3 Å². The minimum atomic E-state index is -4.56. The Labute approximate surface area is 215 Å². The van der Waals surface area contributed by atoms with E-state index in [9.17, 15) is 13.2 Å². The molecule has 5 rings (SSSR count). The Morgan fingerprint density at radius 2 is 1.89 bits per heavy atom. The van der Waals surface area contributed by atoms with Crippen LogP contribution in [0.25, 0.3) is 11.3 Å². The monoisotopic (exact) mass is 525 g/mol. The van der Waals surface area contributed by atoms with Crippen LogP contribution in [0.3, 0.4) is 0 Å². The molecule has 184 valence electrons. The highest BCUT2D eigenvalue weighted by Gasteiger charge is 2.37. The summed E-state index contributed by atoms with van der Waals surface area (Å²) < 4.78 is 48.6. The maximum atomic E-state index is 13.7. The van der Waals surface area contributed by atoms with Crippen molar-refractivity contribution in [2.24, 2.45) is 0 Å². The summed E-state index contributed by atoms with van der Waals surface area (Å²) >= 11 is 3.17. The Balaban J connectivity index is 1.47. The molecule has 0 bridgehead atoms. The van der Waals surface area contributed by atoms with Gasteiger partial charge in [-0.1, -0.05) is 30.3 Å². The van der Waals surface area contributed by atoms with Crippen molar-refractivity contribution >= 4 is 29.1 Å². The molecule has 0 saturated carbocycles. The van der Waals surface area contributed by atoms with Crippen LogP contribution in [0.15, 0.2) is 89.3 Å². The van der Waals surface area contributed by atoms with Gasteiger partial charge in [-0.25, -0.2) is 4.68 Å². The first-order chi connectivity index (χ1) is 17.4. The average molecular weight is 526 g/mol. The van der Waals surface area contributed by atoms with E-state index in [-0.39, 0.29) is 11.9 Å². The van der Waals surface area contributed by atoms with Gasteiger partial charge in [0, 0.05) is 11.1 Å². The second-order valence-electron chi connectivity index (χ2n) is 8.15. The van der Waals surface area contributed by atoms with E-state index < -0.39 is 11.9 Å². The lowest BCUT2D eigenvalue weighted by molar-refractivity contribution is -0.141. The summed E-state index contributed by atoms with van der Waals surface area (Å²) in [7, 11) is 0. The number of allylic oxidation sites excluding steroid dienone is 1. The van der Waals surface area contributed by atoms with Gasteiger partial charge in [0.2, 0.25) is 0 Å². The number of hydrogen-bond acceptors (Lipinski definition) is 5. The van der Waals surface area contributed by atoms with Gasteiger partial charge in [-0.2, -0.15) is 18.3 Å². The van der Waals surface area contributed by atoms with Crippen LogP contribution in [0.5, 0.6) is 5.75 Å². The zero-order valence-corrected chi connectivity index (χ0v) is 20.9. The molecule has 0 N–H and O–H groups in total. The predicted octanol–water partition coefficient (Wildman–Crippen LogP) is 7.81. The van der Waals surface area contributed by atoms with E-state index >= 15 is 0 Å². The van der Waals surface area contributed by atoms with Crippen molar-refractivity contribution in [3.63, 3.8) is 0 Å². The molecular weight excluding hydrogens is 503 g/mol. The van der Waals surface area contributed by atoms with Crippen LogP contribution in [0, 0.1) is 0 Å². The van der Waals surface area contributed by atoms with Gasteiger partial charge in [-0.3, -0.25) is 4.98 Å². The SMILES string of the molecule is CSc1cccc(C2=CSC(c3cc(C(F)(F)F)nn3-c3ccccc3OCc3ccccn3)C2)c1. The molecule has 2 aromatic heterocycles. The number of benzene rings is 2. The Kier molecular flexibility index (Phi) is 7.11. The molecule has 4 nitrogen and oxygen atoms in total. The van der Waals surface area contributed by atoms with Crippen LogP contribution in [0.4, 0.5) is 13.2 Å². The summed E-state index contributed by atoms with van der Waals surface area (Å²) in [6, 6.07) is 21.8. The number of thioether (sulfide) groups is 2. The van der Waals surface area contributed by atoms with Crippen molar-refractivity contribution < 1.29 is 17.9 Å². The van der Waals surface area contributed by atoms with Gasteiger partial charge in [0.15, 0.2) is 5.69 Å². The topological polar surface area (TPSA) is 39.9 Å². The molecule has 1 aliphatic rings. The number of aromatic nitrogens is 3. The van der Waals surface area contributed by atoms with Gasteiger partial charge in [0.1, 0.15) is 18.0 Å². The third-order valence-corrected chi connectivity index (χ3v) is 7.66. The van der Waals surface area contributed by atoms with Crippen molar-refractivity contribution in [3.05, 3.63) is 107 Å². The van der Waals surface area contributed by atoms with Crippen LogP contribution >= 0.6 is 23.5 Å². The molecule has 9 heteroatoms. The lowest BCUT2D eigenvalue weighted by Gasteiger charge is -2.16. The summed E-state index contributed by atoms with van der Waals surface area (Å²) in [4.78, 5) is 5.40. The predicted molar refractivity (Wildman–Crippen MR) is 138 cm³/mol. The fraction of sp³-hybridized carbons (Fsp3) is 0.185. The van der Waals surface area contributed by atoms with Gasteiger partial charge in [-0.15, -0.1) is 23.5 Å². The maximum Gasteiger partial charge on any atom is 0.435 e. The molecule has 0 spiro atoms. The second-order valence-corrected chi connectivity index (χ2v) is 10.1. The normalized spacial score (nSPS) is 15.7. The molecule has 0 saturated heterocycles. The third kappa shape index (κ3) is 5.32.